The molecule has 2 N–H and O–H groups in total. The molecule has 1 amide bonds. The summed E-state index contributed by atoms with van der Waals surface area (Å²) < 4.78 is 15.5. The molecule has 1 unspecified atom stereocenters. The lowest BCUT2D eigenvalue weighted by molar-refractivity contribution is -0.157. The molecule has 0 aromatic heterocycles. The van der Waals surface area contributed by atoms with Crippen molar-refractivity contribution < 1.29 is 33.7 Å². The minimum absolute atomic E-state index is 0.0385. The lowest BCUT2D eigenvalue weighted by atomic mass is 10.1. The molecule has 0 radical (unpaired) electrons. The Balaban J connectivity index is 0. The lowest BCUT2D eigenvalue weighted by Gasteiger charge is -2.26. The Morgan fingerprint density at radius 2 is 1.52 bits per heavy atom. The monoisotopic (exact) mass is 437 g/mol. The van der Waals surface area contributed by atoms with Crippen molar-refractivity contribution in [2.75, 3.05) is 24.7 Å². The lowest BCUT2D eigenvalue weighted by Crippen LogP contribution is -2.46. The number of ether oxygens (including phenoxy) is 3. The minimum Gasteiger partial charge on any atom is -0.465 e. The highest BCUT2D eigenvalue weighted by Gasteiger charge is 2.29. The van der Waals surface area contributed by atoms with Crippen molar-refractivity contribution in [1.82, 2.24) is 5.32 Å². The number of nitrogens with one attached hydrogen (secondary N) is 1. The number of aliphatic hydroxyl groups excluding tert-OH is 1. The van der Waals surface area contributed by atoms with Gasteiger partial charge in [-0.1, -0.05) is 13.8 Å². The van der Waals surface area contributed by atoms with Crippen LogP contribution in [0.5, 0.6) is 0 Å². The zero-order chi connectivity index (χ0) is 23.1. The average Bonchev–Trinajstić information content (AvgIpc) is 2.57. The summed E-state index contributed by atoms with van der Waals surface area (Å²) >= 11 is 1.47. The van der Waals surface area contributed by atoms with E-state index < -0.39 is 35.3 Å². The van der Waals surface area contributed by atoms with Crippen LogP contribution >= 0.6 is 11.8 Å². The molecule has 0 aromatic rings. The van der Waals surface area contributed by atoms with Gasteiger partial charge in [0.25, 0.3) is 0 Å². The van der Waals surface area contributed by atoms with Crippen LogP contribution in [0.25, 0.3) is 0 Å². The summed E-state index contributed by atoms with van der Waals surface area (Å²) in [7, 11) is 0. The van der Waals surface area contributed by atoms with Gasteiger partial charge in [-0.3, -0.25) is 4.79 Å². The van der Waals surface area contributed by atoms with Gasteiger partial charge in [0.05, 0.1) is 6.61 Å². The molecule has 29 heavy (non-hydrogen) atoms. The number of amides is 1. The van der Waals surface area contributed by atoms with Crippen LogP contribution in [0.3, 0.4) is 0 Å². The maximum Gasteiger partial charge on any atom is 0.408 e. The van der Waals surface area contributed by atoms with Crippen molar-refractivity contribution in [3.8, 4) is 0 Å². The number of aliphatic hydroxyl groups is 1. The topological polar surface area (TPSA) is 111 Å². The second kappa shape index (κ2) is 15.4. The highest BCUT2D eigenvalue weighted by atomic mass is 32.2. The van der Waals surface area contributed by atoms with E-state index in [4.69, 9.17) is 19.3 Å². The third-order valence-electron chi connectivity index (χ3n) is 2.75. The molecule has 1 atom stereocenters. The molecule has 0 aromatic carbocycles. The fraction of sp³-hybridized carbons (Fsp3) is 0.850. The fourth-order valence-corrected chi connectivity index (χ4v) is 2.32. The Bertz CT molecular complexity index is 484. The normalized spacial score (nSPS) is 12.2. The third-order valence-corrected chi connectivity index (χ3v) is 3.67. The minimum atomic E-state index is -1.02. The van der Waals surface area contributed by atoms with Crippen LogP contribution in [0, 0.1) is 0 Å². The second-order valence-electron chi connectivity index (χ2n) is 7.83. The highest BCUT2D eigenvalue weighted by Crippen LogP contribution is 2.13. The van der Waals surface area contributed by atoms with Crippen molar-refractivity contribution >= 4 is 29.8 Å². The molecular formula is C20H39NO7S. The van der Waals surface area contributed by atoms with Crippen molar-refractivity contribution in [2.45, 2.75) is 85.5 Å². The van der Waals surface area contributed by atoms with E-state index in [1.54, 1.807) is 41.5 Å². The highest BCUT2D eigenvalue weighted by molar-refractivity contribution is 7.99. The Morgan fingerprint density at radius 3 is 2.00 bits per heavy atom. The summed E-state index contributed by atoms with van der Waals surface area (Å²) in [5, 5.41) is 11.1. The van der Waals surface area contributed by atoms with E-state index in [-0.39, 0.29) is 26.1 Å². The van der Waals surface area contributed by atoms with Gasteiger partial charge in [-0.15, -0.1) is 0 Å². The first kappa shape index (κ1) is 29.7. The maximum atomic E-state index is 12.3. The van der Waals surface area contributed by atoms with Gasteiger partial charge in [-0.05, 0) is 48.0 Å². The van der Waals surface area contributed by atoms with Crippen molar-refractivity contribution in [3.05, 3.63) is 0 Å². The summed E-state index contributed by atoms with van der Waals surface area (Å²) in [6.45, 7) is 14.6. The first-order valence-electron chi connectivity index (χ1n) is 9.90. The van der Waals surface area contributed by atoms with E-state index >= 15 is 0 Å². The van der Waals surface area contributed by atoms with E-state index in [0.29, 0.717) is 11.5 Å². The summed E-state index contributed by atoms with van der Waals surface area (Å²) in [5.41, 5.74) is -1.44. The van der Waals surface area contributed by atoms with Crippen molar-refractivity contribution in [1.29, 1.82) is 0 Å². The molecule has 0 saturated heterocycles. The number of alkyl carbamates (subject to hydrolysis) is 1. The molecule has 0 saturated carbocycles. The third kappa shape index (κ3) is 19.6. The largest absolute Gasteiger partial charge is 0.465 e. The predicted octanol–water partition coefficient (Wildman–Crippen LogP) is 3.30. The van der Waals surface area contributed by atoms with E-state index in [1.165, 1.54) is 11.8 Å². The summed E-state index contributed by atoms with van der Waals surface area (Å²) in [6.07, 6.45) is -0.770. The number of hydrogen-bond acceptors (Lipinski definition) is 8. The number of esters is 2. The van der Waals surface area contributed by atoms with Crippen LogP contribution in [0.4, 0.5) is 4.79 Å². The van der Waals surface area contributed by atoms with Crippen LogP contribution in [-0.4, -0.2) is 65.1 Å². The number of rotatable bonds is 10. The summed E-state index contributed by atoms with van der Waals surface area (Å²) in [6, 6.07) is -1.02. The molecule has 8 nitrogen and oxygen atoms in total. The zero-order valence-electron chi connectivity index (χ0n) is 19.1. The van der Waals surface area contributed by atoms with Gasteiger partial charge in [0.15, 0.2) is 0 Å². The Labute approximate surface area is 179 Å². The van der Waals surface area contributed by atoms with Gasteiger partial charge < -0.3 is 24.6 Å². The van der Waals surface area contributed by atoms with Crippen LogP contribution < -0.4 is 5.32 Å². The smallest absolute Gasteiger partial charge is 0.408 e. The van der Waals surface area contributed by atoms with Crippen molar-refractivity contribution in [2.24, 2.45) is 0 Å². The fourth-order valence-electron chi connectivity index (χ4n) is 1.79. The van der Waals surface area contributed by atoms with Gasteiger partial charge in [0.2, 0.25) is 0 Å². The molecule has 0 bridgehead atoms. The van der Waals surface area contributed by atoms with Crippen LogP contribution in [0.2, 0.25) is 0 Å². The zero-order valence-corrected chi connectivity index (χ0v) is 19.9. The van der Waals surface area contributed by atoms with Crippen LogP contribution in [0.15, 0.2) is 0 Å². The maximum absolute atomic E-state index is 12.3. The Morgan fingerprint density at radius 1 is 0.966 bits per heavy atom. The Hall–Kier alpha value is -1.48. The van der Waals surface area contributed by atoms with E-state index in [0.717, 1.165) is 0 Å². The molecular weight excluding hydrogens is 398 g/mol. The average molecular weight is 438 g/mol. The van der Waals surface area contributed by atoms with Gasteiger partial charge in [0, 0.05) is 17.9 Å². The molecule has 0 heterocycles. The predicted molar refractivity (Wildman–Crippen MR) is 115 cm³/mol. The van der Waals surface area contributed by atoms with E-state index in [2.05, 4.69) is 5.32 Å². The van der Waals surface area contributed by atoms with Crippen LogP contribution in [0.1, 0.15) is 68.2 Å². The SMILES string of the molecule is CC.CC(C)(C)OC(=O)NC(CCC(=O)OCCSCCO)C(=O)OC(C)(C)C. The number of carbonyl (C=O) groups excluding carboxylic acids is 3. The van der Waals surface area contributed by atoms with Gasteiger partial charge in [-0.2, -0.15) is 11.8 Å². The molecule has 0 spiro atoms. The number of carbonyl (C=O) groups is 3. The number of hydrogen-bond donors (Lipinski definition) is 2. The summed E-state index contributed by atoms with van der Waals surface area (Å²) in [5.74, 6) is 0.0505. The van der Waals surface area contributed by atoms with Crippen molar-refractivity contribution in [3.63, 3.8) is 0 Å². The molecule has 0 fully saturated rings. The van der Waals surface area contributed by atoms with Gasteiger partial charge >= 0.3 is 18.0 Å². The van der Waals surface area contributed by atoms with Crippen LogP contribution in [-0.2, 0) is 23.8 Å². The first-order valence-corrected chi connectivity index (χ1v) is 11.1. The molecule has 0 rings (SSSR count). The standard InChI is InChI=1S/C18H33NO7S.C2H6/c1-17(2,3)25-15(22)13(19-16(23)26-18(4,5)6)7-8-14(21)24-10-12-27-11-9-20;1-2/h13,20H,7-12H2,1-6H3,(H,19,23);1-2H3. The van der Waals surface area contributed by atoms with E-state index in [1.807, 2.05) is 13.8 Å². The quantitative estimate of drug-likeness (QED) is 0.304. The molecule has 0 aliphatic rings. The first-order chi connectivity index (χ1) is 13.3. The molecule has 0 aliphatic carbocycles. The van der Waals surface area contributed by atoms with Gasteiger partial charge in [0.1, 0.15) is 23.9 Å². The molecule has 0 aliphatic heterocycles. The number of thioether (sulfide) groups is 1. The Kier molecular flexibility index (Phi) is 15.8. The van der Waals surface area contributed by atoms with Gasteiger partial charge in [-0.25, -0.2) is 9.59 Å². The molecule has 172 valence electrons. The second-order valence-corrected chi connectivity index (χ2v) is 9.05. The summed E-state index contributed by atoms with van der Waals surface area (Å²) in [4.78, 5) is 36.1. The molecule has 9 heteroatoms. The van der Waals surface area contributed by atoms with E-state index in [9.17, 15) is 14.4 Å².